The van der Waals surface area contributed by atoms with Crippen LogP contribution in [0.1, 0.15) is 23.7 Å². The van der Waals surface area contributed by atoms with Crippen LogP contribution in [0, 0.1) is 5.82 Å². The van der Waals surface area contributed by atoms with Gasteiger partial charge < -0.3 is 20.0 Å². The molecule has 0 aliphatic heterocycles. The van der Waals surface area contributed by atoms with Crippen molar-refractivity contribution in [1.29, 1.82) is 0 Å². The predicted molar refractivity (Wildman–Crippen MR) is 119 cm³/mol. The van der Waals surface area contributed by atoms with E-state index in [4.69, 9.17) is 26.5 Å². The molecule has 0 bridgehead atoms. The lowest BCUT2D eigenvalue weighted by atomic mass is 9.99. The molecule has 4 aromatic rings. The second-order valence-corrected chi connectivity index (χ2v) is 7.46. The first kappa shape index (κ1) is 20.8. The van der Waals surface area contributed by atoms with E-state index in [-0.39, 0.29) is 33.9 Å². The molecule has 0 aliphatic carbocycles. The van der Waals surface area contributed by atoms with Crippen molar-refractivity contribution in [3.8, 4) is 28.2 Å². The number of nitrogens with two attached hydrogens (primary N) is 1. The number of ether oxygens (including phenoxy) is 1. The van der Waals surface area contributed by atoms with Crippen LogP contribution in [0.15, 0.2) is 59.0 Å². The zero-order valence-electron chi connectivity index (χ0n) is 16.6. The molecule has 4 rings (SSSR count). The van der Waals surface area contributed by atoms with Gasteiger partial charge in [-0.15, -0.1) is 0 Å². The Balaban J connectivity index is 1.86. The molecular formula is C24H19ClFNO4. The van der Waals surface area contributed by atoms with Crippen molar-refractivity contribution in [2.75, 3.05) is 12.3 Å². The fourth-order valence-electron chi connectivity index (χ4n) is 3.51. The average molecular weight is 440 g/mol. The number of fused-ring (bicyclic) bond motifs is 1. The first-order valence-electron chi connectivity index (χ1n) is 9.67. The molecule has 0 aliphatic rings. The van der Waals surface area contributed by atoms with Crippen LogP contribution < -0.4 is 5.73 Å². The highest BCUT2D eigenvalue weighted by atomic mass is 35.5. The van der Waals surface area contributed by atoms with Crippen LogP contribution in [0.25, 0.3) is 33.2 Å². The van der Waals surface area contributed by atoms with Crippen molar-refractivity contribution >= 4 is 34.2 Å². The van der Waals surface area contributed by atoms with Crippen LogP contribution in [-0.4, -0.2) is 17.7 Å². The second-order valence-electron chi connectivity index (χ2n) is 7.03. The van der Waals surface area contributed by atoms with E-state index >= 15 is 0 Å². The van der Waals surface area contributed by atoms with Gasteiger partial charge in [-0.2, -0.15) is 0 Å². The van der Waals surface area contributed by atoms with Gasteiger partial charge in [-0.3, -0.25) is 0 Å². The molecule has 0 amide bonds. The summed E-state index contributed by atoms with van der Waals surface area (Å²) in [4.78, 5) is 12.2. The summed E-state index contributed by atoms with van der Waals surface area (Å²) in [5.74, 6) is -1.32. The van der Waals surface area contributed by atoms with E-state index < -0.39 is 11.8 Å². The minimum Gasteiger partial charge on any atom is -0.504 e. The van der Waals surface area contributed by atoms with Crippen LogP contribution in [0.3, 0.4) is 0 Å². The molecule has 3 aromatic carbocycles. The van der Waals surface area contributed by atoms with Crippen LogP contribution in [0.5, 0.6) is 5.75 Å². The molecule has 0 spiro atoms. The normalized spacial score (nSPS) is 11.1. The van der Waals surface area contributed by atoms with Gasteiger partial charge >= 0.3 is 5.97 Å². The van der Waals surface area contributed by atoms with Gasteiger partial charge in [0.2, 0.25) is 5.88 Å². The van der Waals surface area contributed by atoms with Crippen molar-refractivity contribution in [3.63, 3.8) is 0 Å². The number of aromatic hydroxyl groups is 1. The van der Waals surface area contributed by atoms with Crippen LogP contribution in [0.2, 0.25) is 5.02 Å². The number of halogens is 2. The highest BCUT2D eigenvalue weighted by molar-refractivity contribution is 6.32. The molecule has 1 heterocycles. The number of esters is 1. The number of hydrogen-bond acceptors (Lipinski definition) is 5. The lowest BCUT2D eigenvalue weighted by molar-refractivity contribution is 0.0505. The Hall–Kier alpha value is -3.51. The third kappa shape index (κ3) is 3.82. The molecule has 5 nitrogen and oxygen atoms in total. The van der Waals surface area contributed by atoms with E-state index in [1.54, 1.807) is 42.5 Å². The van der Waals surface area contributed by atoms with E-state index in [0.717, 1.165) is 0 Å². The van der Waals surface area contributed by atoms with Gasteiger partial charge in [-0.1, -0.05) is 42.8 Å². The Morgan fingerprint density at radius 1 is 1.19 bits per heavy atom. The topological polar surface area (TPSA) is 85.7 Å². The van der Waals surface area contributed by atoms with Crippen molar-refractivity contribution < 1.29 is 23.4 Å². The van der Waals surface area contributed by atoms with Gasteiger partial charge in [0.15, 0.2) is 11.5 Å². The number of benzene rings is 3. The zero-order chi connectivity index (χ0) is 22.1. The smallest absolute Gasteiger partial charge is 0.338 e. The van der Waals surface area contributed by atoms with Crippen molar-refractivity contribution in [3.05, 3.63) is 71.0 Å². The third-order valence-corrected chi connectivity index (χ3v) is 5.09. The maximum absolute atomic E-state index is 14.6. The summed E-state index contributed by atoms with van der Waals surface area (Å²) in [5, 5.41) is 12.1. The summed E-state index contributed by atoms with van der Waals surface area (Å²) in [6.45, 7) is 2.21. The molecule has 0 saturated heterocycles. The number of carbonyl (C=O) groups excluding carboxylic acids is 1. The summed E-state index contributed by atoms with van der Waals surface area (Å²) in [6, 6.07) is 14.2. The Morgan fingerprint density at radius 3 is 2.74 bits per heavy atom. The van der Waals surface area contributed by atoms with Crippen molar-refractivity contribution in [1.82, 2.24) is 0 Å². The van der Waals surface area contributed by atoms with Gasteiger partial charge in [0, 0.05) is 16.0 Å². The number of anilines is 1. The summed E-state index contributed by atoms with van der Waals surface area (Å²) in [6.07, 6.45) is 0.703. The van der Waals surface area contributed by atoms with Gasteiger partial charge in [-0.05, 0) is 47.7 Å². The molecule has 0 saturated carbocycles. The first-order chi connectivity index (χ1) is 14.9. The lowest BCUT2D eigenvalue weighted by Crippen LogP contribution is -2.05. The molecule has 3 N–H and O–H groups in total. The van der Waals surface area contributed by atoms with Gasteiger partial charge in [0.25, 0.3) is 0 Å². The summed E-state index contributed by atoms with van der Waals surface area (Å²) >= 11 is 6.21. The fourth-order valence-corrected chi connectivity index (χ4v) is 3.73. The van der Waals surface area contributed by atoms with Crippen LogP contribution >= 0.6 is 11.6 Å². The van der Waals surface area contributed by atoms with E-state index in [9.17, 15) is 14.3 Å². The molecule has 0 fully saturated rings. The van der Waals surface area contributed by atoms with E-state index in [2.05, 4.69) is 0 Å². The van der Waals surface area contributed by atoms with E-state index in [1.807, 2.05) is 6.92 Å². The average Bonchev–Trinajstić information content (AvgIpc) is 3.05. The second kappa shape index (κ2) is 8.32. The third-order valence-electron chi connectivity index (χ3n) is 4.87. The SMILES string of the molecule is CCCOC(=O)c1cccc(-c2c(N)oc(-c3cc(Cl)cc4cccc(F)c34)c2O)c1. The largest absolute Gasteiger partial charge is 0.504 e. The number of nitrogen functional groups attached to an aromatic ring is 1. The van der Waals surface area contributed by atoms with Gasteiger partial charge in [0.05, 0.1) is 17.7 Å². The molecule has 0 atom stereocenters. The quantitative estimate of drug-likeness (QED) is 0.351. The summed E-state index contributed by atoms with van der Waals surface area (Å²) < 4.78 is 25.4. The first-order valence-corrected chi connectivity index (χ1v) is 10.1. The zero-order valence-corrected chi connectivity index (χ0v) is 17.4. The van der Waals surface area contributed by atoms with Crippen LogP contribution in [0.4, 0.5) is 10.3 Å². The molecule has 1 aromatic heterocycles. The van der Waals surface area contributed by atoms with Gasteiger partial charge in [-0.25, -0.2) is 9.18 Å². The maximum atomic E-state index is 14.6. The molecular weight excluding hydrogens is 421 g/mol. The lowest BCUT2D eigenvalue weighted by Gasteiger charge is -2.08. The predicted octanol–water partition coefficient (Wildman–Crippen LogP) is 6.41. The van der Waals surface area contributed by atoms with E-state index in [1.165, 1.54) is 12.1 Å². The number of rotatable bonds is 5. The number of hydrogen-bond donors (Lipinski definition) is 2. The van der Waals surface area contributed by atoms with Crippen molar-refractivity contribution in [2.45, 2.75) is 13.3 Å². The van der Waals surface area contributed by atoms with Crippen molar-refractivity contribution in [2.24, 2.45) is 0 Å². The minimum atomic E-state index is -0.485. The van der Waals surface area contributed by atoms with Crippen LogP contribution in [-0.2, 0) is 4.74 Å². The Labute approximate surface area is 182 Å². The molecule has 0 radical (unpaired) electrons. The Morgan fingerprint density at radius 2 is 1.97 bits per heavy atom. The number of furan rings is 1. The van der Waals surface area contributed by atoms with E-state index in [0.29, 0.717) is 34.6 Å². The highest BCUT2D eigenvalue weighted by Gasteiger charge is 2.24. The highest BCUT2D eigenvalue weighted by Crippen LogP contribution is 2.47. The summed E-state index contributed by atoms with van der Waals surface area (Å²) in [7, 11) is 0. The fraction of sp³-hybridized carbons (Fsp3) is 0.125. The molecule has 31 heavy (non-hydrogen) atoms. The molecule has 158 valence electrons. The minimum absolute atomic E-state index is 0.0101. The Bertz CT molecular complexity index is 1300. The standard InChI is InChI=1S/C24H19ClFNO4/c1-2-9-30-24(29)15-7-3-5-13(10-15)20-21(28)22(31-23(20)27)17-12-16(25)11-14-6-4-8-18(26)19(14)17/h3-8,10-12,28H,2,9,27H2,1H3. The maximum Gasteiger partial charge on any atom is 0.338 e. The monoisotopic (exact) mass is 439 g/mol. The van der Waals surface area contributed by atoms with Gasteiger partial charge in [0.1, 0.15) is 5.82 Å². The Kier molecular flexibility index (Phi) is 5.57. The molecule has 7 heteroatoms. The molecule has 0 unspecified atom stereocenters. The summed E-state index contributed by atoms with van der Waals surface area (Å²) in [5.41, 5.74) is 7.31. The number of carbonyl (C=O) groups is 1.